The van der Waals surface area contributed by atoms with Crippen LogP contribution in [0.15, 0.2) is 176 Å². The number of anilines is 3. The van der Waals surface area contributed by atoms with E-state index in [-0.39, 0.29) is 10.8 Å². The Balaban J connectivity index is 1.07. The smallest absolute Gasteiger partial charge is 0.0547 e. The van der Waals surface area contributed by atoms with E-state index in [0.717, 1.165) is 5.69 Å². The quantitative estimate of drug-likeness (QED) is 0.171. The van der Waals surface area contributed by atoms with Crippen LogP contribution in [0.5, 0.6) is 0 Å². The first-order valence-corrected chi connectivity index (χ1v) is 20.2. The summed E-state index contributed by atoms with van der Waals surface area (Å²) < 4.78 is 2.40. The largest absolute Gasteiger partial charge is 0.310 e. The van der Waals surface area contributed by atoms with Crippen LogP contribution in [0.25, 0.3) is 60.9 Å². The predicted molar refractivity (Wildman–Crippen MR) is 241 cm³/mol. The average Bonchev–Trinajstić information content (AvgIpc) is 3.78. The minimum atomic E-state index is -0.101. The Bertz CT molecular complexity index is 2980. The van der Waals surface area contributed by atoms with E-state index in [9.17, 15) is 0 Å². The van der Waals surface area contributed by atoms with Crippen LogP contribution in [0.4, 0.5) is 17.1 Å². The zero-order valence-electron chi connectivity index (χ0n) is 33.1. The normalized spacial score (nSPS) is 14.3. The van der Waals surface area contributed by atoms with Crippen molar-refractivity contribution in [3.63, 3.8) is 0 Å². The predicted octanol–water partition coefficient (Wildman–Crippen LogP) is 14.8. The summed E-state index contributed by atoms with van der Waals surface area (Å²) >= 11 is 0. The number of benzene rings is 8. The molecule has 0 spiro atoms. The molecule has 57 heavy (non-hydrogen) atoms. The molecule has 0 fully saturated rings. The minimum Gasteiger partial charge on any atom is -0.310 e. The van der Waals surface area contributed by atoms with Crippen molar-refractivity contribution in [1.82, 2.24) is 4.57 Å². The molecular formula is C55H44N2. The summed E-state index contributed by atoms with van der Waals surface area (Å²) in [5.74, 6) is 0. The van der Waals surface area contributed by atoms with Crippen LogP contribution in [0.2, 0.25) is 0 Å². The summed E-state index contributed by atoms with van der Waals surface area (Å²) in [6.07, 6.45) is 0. The van der Waals surface area contributed by atoms with Crippen LogP contribution in [-0.2, 0) is 10.8 Å². The summed E-state index contributed by atoms with van der Waals surface area (Å²) in [5, 5.41) is 2.54. The molecule has 0 radical (unpaired) electrons. The van der Waals surface area contributed by atoms with Gasteiger partial charge in [-0.3, -0.25) is 0 Å². The van der Waals surface area contributed by atoms with E-state index in [2.05, 4.69) is 220 Å². The fourth-order valence-electron chi connectivity index (χ4n) is 10.2. The van der Waals surface area contributed by atoms with Gasteiger partial charge in [0.25, 0.3) is 0 Å². The molecule has 0 aliphatic heterocycles. The maximum atomic E-state index is 2.48. The first-order chi connectivity index (χ1) is 27.7. The Labute approximate surface area is 335 Å². The Morgan fingerprint density at radius 2 is 0.877 bits per heavy atom. The van der Waals surface area contributed by atoms with Crippen molar-refractivity contribution in [2.45, 2.75) is 45.4 Å². The molecule has 0 atom stereocenters. The van der Waals surface area contributed by atoms with Gasteiger partial charge in [0.15, 0.2) is 0 Å². The van der Waals surface area contributed by atoms with Crippen LogP contribution in [0, 0.1) is 6.92 Å². The lowest BCUT2D eigenvalue weighted by Gasteiger charge is -2.30. The molecule has 8 aromatic carbocycles. The van der Waals surface area contributed by atoms with Crippen LogP contribution in [0.3, 0.4) is 0 Å². The molecule has 9 aromatic rings. The topological polar surface area (TPSA) is 8.17 Å². The van der Waals surface area contributed by atoms with E-state index in [1.807, 2.05) is 0 Å². The summed E-state index contributed by atoms with van der Waals surface area (Å²) in [6, 6.07) is 65.5. The fourth-order valence-corrected chi connectivity index (χ4v) is 10.2. The highest BCUT2D eigenvalue weighted by Crippen LogP contribution is 2.53. The van der Waals surface area contributed by atoms with Crippen molar-refractivity contribution in [2.75, 3.05) is 4.90 Å². The van der Waals surface area contributed by atoms with Gasteiger partial charge in [0.05, 0.1) is 11.0 Å². The molecular weight excluding hydrogens is 689 g/mol. The third kappa shape index (κ3) is 4.90. The maximum Gasteiger partial charge on any atom is 0.0547 e. The van der Waals surface area contributed by atoms with Crippen LogP contribution in [0.1, 0.15) is 55.5 Å². The van der Waals surface area contributed by atoms with Gasteiger partial charge in [0, 0.05) is 44.4 Å². The molecule has 0 saturated carbocycles. The van der Waals surface area contributed by atoms with Crippen molar-refractivity contribution in [1.29, 1.82) is 0 Å². The number of hydrogen-bond donors (Lipinski definition) is 0. The third-order valence-corrected chi connectivity index (χ3v) is 13.1. The van der Waals surface area contributed by atoms with Crippen molar-refractivity contribution in [3.05, 3.63) is 204 Å². The average molecular weight is 733 g/mol. The molecule has 2 nitrogen and oxygen atoms in total. The number of rotatable bonds is 5. The Morgan fingerprint density at radius 1 is 0.386 bits per heavy atom. The second-order valence-corrected chi connectivity index (χ2v) is 17.1. The van der Waals surface area contributed by atoms with Crippen LogP contribution in [-0.4, -0.2) is 4.57 Å². The van der Waals surface area contributed by atoms with Gasteiger partial charge in [-0.25, -0.2) is 0 Å². The number of fused-ring (bicyclic) bond motifs is 9. The number of aromatic nitrogens is 1. The molecule has 1 heterocycles. The van der Waals surface area contributed by atoms with Crippen LogP contribution < -0.4 is 4.90 Å². The molecule has 0 unspecified atom stereocenters. The van der Waals surface area contributed by atoms with Gasteiger partial charge in [-0.15, -0.1) is 0 Å². The lowest BCUT2D eigenvalue weighted by atomic mass is 9.82. The summed E-state index contributed by atoms with van der Waals surface area (Å²) in [5.41, 5.74) is 21.5. The van der Waals surface area contributed by atoms with E-state index in [1.54, 1.807) is 0 Å². The molecule has 2 heteroatoms. The van der Waals surface area contributed by atoms with Gasteiger partial charge in [0.1, 0.15) is 0 Å². The van der Waals surface area contributed by atoms with Crippen molar-refractivity contribution in [2.24, 2.45) is 0 Å². The second-order valence-electron chi connectivity index (χ2n) is 17.1. The monoisotopic (exact) mass is 732 g/mol. The lowest BCUT2D eigenvalue weighted by molar-refractivity contribution is 0.660. The van der Waals surface area contributed by atoms with Crippen molar-refractivity contribution < 1.29 is 0 Å². The fraction of sp³-hybridized carbons (Fsp3) is 0.127. The standard InChI is InChI=1S/C55H44N2/c1-35-31-38(24-28-41(35)36-23-27-47-46-19-11-14-22-52(46)57(53(47)32-36)37-15-7-6-8-16-37)56(39-25-29-44-42-17-9-12-20-48(42)54(2,3)50(44)33-39)40-26-30-45-43-18-10-13-21-49(43)55(4,5)51(45)34-40/h6-34H,1-5H3. The van der Waals surface area contributed by atoms with E-state index in [0.29, 0.717) is 0 Å². The molecule has 11 rings (SSSR count). The third-order valence-electron chi connectivity index (χ3n) is 13.1. The molecule has 2 aliphatic carbocycles. The van der Waals surface area contributed by atoms with Gasteiger partial charge in [0.2, 0.25) is 0 Å². The number of hydrogen-bond acceptors (Lipinski definition) is 1. The number of aryl methyl sites for hydroxylation is 1. The van der Waals surface area contributed by atoms with Gasteiger partial charge < -0.3 is 9.47 Å². The molecule has 0 saturated heterocycles. The first kappa shape index (κ1) is 33.7. The molecule has 0 amide bonds. The first-order valence-electron chi connectivity index (χ1n) is 20.2. The minimum absolute atomic E-state index is 0.101. The lowest BCUT2D eigenvalue weighted by Crippen LogP contribution is -2.18. The summed E-state index contributed by atoms with van der Waals surface area (Å²) in [4.78, 5) is 2.48. The van der Waals surface area contributed by atoms with E-state index < -0.39 is 0 Å². The van der Waals surface area contributed by atoms with Gasteiger partial charge in [-0.1, -0.05) is 143 Å². The van der Waals surface area contributed by atoms with Gasteiger partial charge in [-0.2, -0.15) is 0 Å². The molecule has 0 N–H and O–H groups in total. The maximum absolute atomic E-state index is 2.48. The molecule has 2 aliphatic rings. The zero-order valence-corrected chi connectivity index (χ0v) is 33.1. The molecule has 274 valence electrons. The molecule has 1 aromatic heterocycles. The van der Waals surface area contributed by atoms with E-state index in [1.165, 1.54) is 100 Å². The highest BCUT2D eigenvalue weighted by atomic mass is 15.1. The van der Waals surface area contributed by atoms with Crippen LogP contribution >= 0.6 is 0 Å². The Morgan fingerprint density at radius 3 is 1.49 bits per heavy atom. The highest BCUT2D eigenvalue weighted by Gasteiger charge is 2.37. The second kappa shape index (κ2) is 12.2. The van der Waals surface area contributed by atoms with Gasteiger partial charge >= 0.3 is 0 Å². The number of para-hydroxylation sites is 2. The summed E-state index contributed by atoms with van der Waals surface area (Å²) in [6.45, 7) is 11.7. The number of nitrogens with zero attached hydrogens (tertiary/aromatic N) is 2. The highest BCUT2D eigenvalue weighted by molar-refractivity contribution is 6.10. The Hall–Kier alpha value is -6.64. The Kier molecular flexibility index (Phi) is 7.20. The van der Waals surface area contributed by atoms with E-state index in [4.69, 9.17) is 0 Å². The summed E-state index contributed by atoms with van der Waals surface area (Å²) in [7, 11) is 0. The van der Waals surface area contributed by atoms with Crippen molar-refractivity contribution >= 4 is 38.9 Å². The van der Waals surface area contributed by atoms with E-state index >= 15 is 0 Å². The molecule has 0 bridgehead atoms. The zero-order chi connectivity index (χ0) is 38.6. The SMILES string of the molecule is Cc1cc(N(c2ccc3c(c2)C(C)(C)c2ccccc2-3)c2ccc3c(c2)C(C)(C)c2ccccc2-3)ccc1-c1ccc2c3ccccc3n(-c3ccccc3)c2c1. The van der Waals surface area contributed by atoms with Gasteiger partial charge in [-0.05, 0) is 129 Å². The van der Waals surface area contributed by atoms with Crippen molar-refractivity contribution in [3.8, 4) is 39.1 Å².